The number of phenolic OH excluding ortho intramolecular Hbond substituents is 1. The third-order valence-corrected chi connectivity index (χ3v) is 3.91. The van der Waals surface area contributed by atoms with Crippen LogP contribution >= 0.6 is 0 Å². The minimum Gasteiger partial charge on any atom is -0.508 e. The summed E-state index contributed by atoms with van der Waals surface area (Å²) in [5, 5.41) is 12.1. The van der Waals surface area contributed by atoms with Gasteiger partial charge in [0.1, 0.15) is 5.75 Å². The monoisotopic (exact) mass is 277 g/mol. The van der Waals surface area contributed by atoms with Gasteiger partial charge in [0.2, 0.25) is 5.91 Å². The van der Waals surface area contributed by atoms with E-state index < -0.39 is 6.04 Å². The van der Waals surface area contributed by atoms with E-state index in [1.165, 1.54) is 6.42 Å². The molecule has 5 nitrogen and oxygen atoms in total. The molecule has 1 amide bonds. The summed E-state index contributed by atoms with van der Waals surface area (Å²) in [6.45, 7) is 1.76. The molecular formula is C15H23N3O2. The first-order valence-electron chi connectivity index (χ1n) is 7.07. The van der Waals surface area contributed by atoms with E-state index in [9.17, 15) is 9.90 Å². The molecule has 1 unspecified atom stereocenters. The minimum atomic E-state index is -0.550. The topological polar surface area (TPSA) is 78.6 Å². The Bertz CT molecular complexity index is 447. The number of nitrogens with two attached hydrogens (primary N) is 1. The van der Waals surface area contributed by atoms with Gasteiger partial charge in [-0.1, -0.05) is 12.1 Å². The highest BCUT2D eigenvalue weighted by molar-refractivity contribution is 5.81. The van der Waals surface area contributed by atoms with Gasteiger partial charge in [-0.25, -0.2) is 0 Å². The van der Waals surface area contributed by atoms with Crippen molar-refractivity contribution in [3.8, 4) is 5.75 Å². The quantitative estimate of drug-likeness (QED) is 0.731. The Morgan fingerprint density at radius 2 is 2.20 bits per heavy atom. The van der Waals surface area contributed by atoms with E-state index in [1.54, 1.807) is 24.3 Å². The number of aromatic hydroxyl groups is 1. The SMILES string of the molecule is CN1CCCC1CNC(=O)[C@@H](N)Cc1ccc(O)cc1. The summed E-state index contributed by atoms with van der Waals surface area (Å²) < 4.78 is 0. The number of rotatable bonds is 5. The van der Waals surface area contributed by atoms with E-state index in [2.05, 4.69) is 17.3 Å². The molecule has 1 aliphatic heterocycles. The lowest BCUT2D eigenvalue weighted by atomic mass is 10.1. The fourth-order valence-corrected chi connectivity index (χ4v) is 2.57. The zero-order valence-electron chi connectivity index (χ0n) is 11.9. The van der Waals surface area contributed by atoms with Crippen LogP contribution < -0.4 is 11.1 Å². The van der Waals surface area contributed by atoms with Crippen molar-refractivity contribution < 1.29 is 9.90 Å². The highest BCUT2D eigenvalue weighted by Crippen LogP contribution is 2.14. The fraction of sp³-hybridized carbons (Fsp3) is 0.533. The Balaban J connectivity index is 1.78. The van der Waals surface area contributed by atoms with Crippen LogP contribution in [-0.4, -0.2) is 48.1 Å². The summed E-state index contributed by atoms with van der Waals surface area (Å²) in [5.74, 6) is 0.106. The summed E-state index contributed by atoms with van der Waals surface area (Å²) in [7, 11) is 2.08. The molecule has 0 bridgehead atoms. The molecule has 1 heterocycles. The second-order valence-electron chi connectivity index (χ2n) is 5.50. The number of carbonyl (C=O) groups excluding carboxylic acids is 1. The molecule has 1 aliphatic rings. The van der Waals surface area contributed by atoms with Gasteiger partial charge in [-0.3, -0.25) is 4.79 Å². The lowest BCUT2D eigenvalue weighted by molar-refractivity contribution is -0.122. The number of nitrogens with one attached hydrogen (secondary N) is 1. The van der Waals surface area contributed by atoms with Crippen LogP contribution in [0.4, 0.5) is 0 Å². The highest BCUT2D eigenvalue weighted by Gasteiger charge is 2.22. The lowest BCUT2D eigenvalue weighted by Gasteiger charge is -2.21. The van der Waals surface area contributed by atoms with Gasteiger partial charge in [-0.2, -0.15) is 0 Å². The largest absolute Gasteiger partial charge is 0.508 e. The number of hydrogen-bond acceptors (Lipinski definition) is 4. The maximum Gasteiger partial charge on any atom is 0.237 e. The second-order valence-corrected chi connectivity index (χ2v) is 5.50. The van der Waals surface area contributed by atoms with E-state index >= 15 is 0 Å². The van der Waals surface area contributed by atoms with Crippen molar-refractivity contribution in [2.45, 2.75) is 31.3 Å². The molecule has 4 N–H and O–H groups in total. The number of carbonyl (C=O) groups is 1. The minimum absolute atomic E-state index is 0.113. The van der Waals surface area contributed by atoms with Crippen molar-refractivity contribution in [3.63, 3.8) is 0 Å². The Kier molecular flexibility index (Phi) is 4.98. The molecule has 1 aromatic rings. The smallest absolute Gasteiger partial charge is 0.237 e. The van der Waals surface area contributed by atoms with Crippen LogP contribution in [0, 0.1) is 0 Å². The van der Waals surface area contributed by atoms with Crippen molar-refractivity contribution in [1.29, 1.82) is 0 Å². The number of likely N-dealkylation sites (tertiary alicyclic amines) is 1. The number of amides is 1. The first-order chi connectivity index (χ1) is 9.56. The maximum absolute atomic E-state index is 12.0. The van der Waals surface area contributed by atoms with E-state index in [0.717, 1.165) is 18.5 Å². The zero-order valence-corrected chi connectivity index (χ0v) is 11.9. The molecule has 1 aromatic carbocycles. The van der Waals surface area contributed by atoms with Gasteiger partial charge >= 0.3 is 0 Å². The van der Waals surface area contributed by atoms with Gasteiger partial charge in [0.15, 0.2) is 0 Å². The number of benzene rings is 1. The maximum atomic E-state index is 12.0. The third kappa shape index (κ3) is 3.95. The van der Waals surface area contributed by atoms with Gasteiger partial charge in [0.25, 0.3) is 0 Å². The van der Waals surface area contributed by atoms with Crippen LogP contribution in [-0.2, 0) is 11.2 Å². The average molecular weight is 277 g/mol. The highest BCUT2D eigenvalue weighted by atomic mass is 16.3. The molecule has 1 fully saturated rings. The molecule has 20 heavy (non-hydrogen) atoms. The predicted molar refractivity (Wildman–Crippen MR) is 78.4 cm³/mol. The van der Waals surface area contributed by atoms with Crippen LogP contribution in [0.2, 0.25) is 0 Å². The van der Waals surface area contributed by atoms with Crippen LogP contribution in [0.5, 0.6) is 5.75 Å². The van der Waals surface area contributed by atoms with Crippen molar-refractivity contribution in [1.82, 2.24) is 10.2 Å². The van der Waals surface area contributed by atoms with E-state index in [0.29, 0.717) is 19.0 Å². The van der Waals surface area contributed by atoms with Crippen LogP contribution in [0.1, 0.15) is 18.4 Å². The Hall–Kier alpha value is -1.59. The molecule has 0 radical (unpaired) electrons. The molecule has 0 saturated carbocycles. The second kappa shape index (κ2) is 6.72. The first kappa shape index (κ1) is 14.8. The van der Waals surface area contributed by atoms with Crippen molar-refractivity contribution in [2.75, 3.05) is 20.1 Å². The standard InChI is InChI=1S/C15H23N3O2/c1-18-8-2-3-12(18)10-17-15(20)14(16)9-11-4-6-13(19)7-5-11/h4-7,12,14,19H,2-3,8-10,16H2,1H3,(H,17,20)/t12?,14-/m0/s1. The van der Waals surface area contributed by atoms with Crippen molar-refractivity contribution >= 4 is 5.91 Å². The Labute approximate surface area is 119 Å². The summed E-state index contributed by atoms with van der Waals surface area (Å²) in [5.41, 5.74) is 6.87. The summed E-state index contributed by atoms with van der Waals surface area (Å²) in [4.78, 5) is 14.2. The van der Waals surface area contributed by atoms with Crippen LogP contribution in [0.25, 0.3) is 0 Å². The third-order valence-electron chi connectivity index (χ3n) is 3.91. The molecule has 5 heteroatoms. The van der Waals surface area contributed by atoms with Gasteiger partial charge in [0, 0.05) is 12.6 Å². The Morgan fingerprint density at radius 3 is 2.80 bits per heavy atom. The molecule has 0 aromatic heterocycles. The predicted octanol–water partition coefficient (Wildman–Crippen LogP) is 0.472. The molecule has 2 atom stereocenters. The molecule has 110 valence electrons. The van der Waals surface area contributed by atoms with Crippen molar-refractivity contribution in [3.05, 3.63) is 29.8 Å². The number of nitrogens with zero attached hydrogens (tertiary/aromatic N) is 1. The Morgan fingerprint density at radius 1 is 1.50 bits per heavy atom. The van der Waals surface area contributed by atoms with Gasteiger partial charge in [-0.05, 0) is 50.6 Å². The van der Waals surface area contributed by atoms with Crippen LogP contribution in [0.3, 0.4) is 0 Å². The average Bonchev–Trinajstić information content (AvgIpc) is 2.84. The summed E-state index contributed by atoms with van der Waals surface area (Å²) in [6.07, 6.45) is 2.80. The molecular weight excluding hydrogens is 254 g/mol. The summed E-state index contributed by atoms with van der Waals surface area (Å²) in [6, 6.07) is 6.66. The van der Waals surface area contributed by atoms with Gasteiger partial charge in [-0.15, -0.1) is 0 Å². The normalized spacial score (nSPS) is 20.8. The molecule has 1 saturated heterocycles. The number of phenols is 1. The molecule has 0 spiro atoms. The first-order valence-corrected chi connectivity index (χ1v) is 7.07. The van der Waals surface area contributed by atoms with Crippen LogP contribution in [0.15, 0.2) is 24.3 Å². The molecule has 0 aliphatic carbocycles. The van der Waals surface area contributed by atoms with E-state index in [1.807, 2.05) is 0 Å². The molecule has 2 rings (SSSR count). The fourth-order valence-electron chi connectivity index (χ4n) is 2.57. The van der Waals surface area contributed by atoms with Crippen molar-refractivity contribution in [2.24, 2.45) is 5.73 Å². The van der Waals surface area contributed by atoms with E-state index in [-0.39, 0.29) is 11.7 Å². The summed E-state index contributed by atoms with van der Waals surface area (Å²) >= 11 is 0. The van der Waals surface area contributed by atoms with E-state index in [4.69, 9.17) is 5.73 Å². The number of likely N-dealkylation sites (N-methyl/N-ethyl adjacent to an activating group) is 1. The zero-order chi connectivity index (χ0) is 14.5. The van der Waals surface area contributed by atoms with Gasteiger partial charge < -0.3 is 21.1 Å². The van der Waals surface area contributed by atoms with Gasteiger partial charge in [0.05, 0.1) is 6.04 Å². The lowest BCUT2D eigenvalue weighted by Crippen LogP contribution is -2.46. The number of hydrogen-bond donors (Lipinski definition) is 3.